The minimum atomic E-state index is -0.221. The summed E-state index contributed by atoms with van der Waals surface area (Å²) in [5.74, 6) is 0. The van der Waals surface area contributed by atoms with E-state index < -0.39 is 0 Å². The van der Waals surface area contributed by atoms with E-state index in [0.717, 1.165) is 0 Å². The van der Waals surface area contributed by atoms with Gasteiger partial charge in [-0.3, -0.25) is 0 Å². The van der Waals surface area contributed by atoms with Crippen molar-refractivity contribution in [2.45, 2.75) is 57.8 Å². The van der Waals surface area contributed by atoms with E-state index in [9.17, 15) is 0 Å². The molecule has 6 heterocycles. The average Bonchev–Trinajstić information content (AvgIpc) is 1.89. The summed E-state index contributed by atoms with van der Waals surface area (Å²) < 4.78 is 14.7. The largest absolute Gasteiger partial charge is 0.309 e. The number of fused-ring (bicyclic) bond motifs is 29. The molecule has 0 saturated heterocycles. The predicted octanol–water partition coefficient (Wildman–Crippen LogP) is 37.2. The Morgan fingerprint density at radius 1 is 0.129 bits per heavy atom. The molecule has 147 heavy (non-hydrogen) atoms. The zero-order chi connectivity index (χ0) is 97.8. The fourth-order valence-electron chi connectivity index (χ4n) is 25.9. The third-order valence-electron chi connectivity index (χ3n) is 32.7. The molecular weight excluding hydrogens is 1780 g/mol. The minimum Gasteiger partial charge on any atom is -0.309 e. The lowest BCUT2D eigenvalue weighted by Crippen LogP contribution is -2.16. The summed E-state index contributed by atoms with van der Waals surface area (Å²) in [6, 6.07) is 183. The van der Waals surface area contributed by atoms with Crippen molar-refractivity contribution in [3.8, 4) is 112 Å². The SMILES string of the molecule is CC1(C)c2c(ccc3c2c2ccccc2n3-c2ccccc2)-c2ccc3c(c21)c1ccccc1n3-c1ccc(-c2ccccc2)cc1.CC1(C)c2cc3c(cc2-c2cc4c5ccccc5n(-c5ccc(-c6ccccc6)cc5)c4cc21)c1ccccc1n3-c1ccc(-c2ccccc2)cc1.CC1(C)c2cc3c(cc2-c2cc4c5ccccc5n(-c5ccc(-c6ccccc6)cc5)c4cc21)c1ccccc1n3-c1ccccc1. The van der Waals surface area contributed by atoms with Crippen LogP contribution < -0.4 is 0 Å². The molecule has 0 bridgehead atoms. The number of benzene rings is 22. The number of hydrogen-bond donors (Lipinski definition) is 0. The van der Waals surface area contributed by atoms with Crippen LogP contribution in [0.5, 0.6) is 0 Å². The van der Waals surface area contributed by atoms with E-state index in [-0.39, 0.29) is 16.2 Å². The Bertz CT molecular complexity index is 10000. The topological polar surface area (TPSA) is 29.6 Å². The highest BCUT2D eigenvalue weighted by Gasteiger charge is 2.43. The third kappa shape index (κ3) is 13.0. The molecule has 6 nitrogen and oxygen atoms in total. The van der Waals surface area contributed by atoms with Crippen molar-refractivity contribution in [3.63, 3.8) is 0 Å². The van der Waals surface area contributed by atoms with Gasteiger partial charge in [0.2, 0.25) is 0 Å². The molecule has 0 saturated carbocycles. The highest BCUT2D eigenvalue weighted by atomic mass is 15.0. The predicted molar refractivity (Wildman–Crippen MR) is 620 cm³/mol. The molecule has 28 aromatic rings. The second-order valence-corrected chi connectivity index (χ2v) is 41.7. The van der Waals surface area contributed by atoms with Gasteiger partial charge >= 0.3 is 0 Å². The van der Waals surface area contributed by atoms with Gasteiger partial charge in [0.25, 0.3) is 0 Å². The highest BCUT2D eigenvalue weighted by Crippen LogP contribution is 2.60. The van der Waals surface area contributed by atoms with Crippen LogP contribution in [0.1, 0.15) is 74.9 Å². The van der Waals surface area contributed by atoms with E-state index >= 15 is 0 Å². The van der Waals surface area contributed by atoms with E-state index in [0.29, 0.717) is 0 Å². The summed E-state index contributed by atoms with van der Waals surface area (Å²) in [4.78, 5) is 0. The van der Waals surface area contributed by atoms with Crippen LogP contribution in [0.25, 0.3) is 243 Å². The molecule has 0 N–H and O–H groups in total. The van der Waals surface area contributed by atoms with Crippen molar-refractivity contribution < 1.29 is 0 Å². The van der Waals surface area contributed by atoms with Gasteiger partial charge in [-0.1, -0.05) is 369 Å². The maximum atomic E-state index is 2.48. The molecule has 0 amide bonds. The first-order chi connectivity index (χ1) is 72.2. The van der Waals surface area contributed by atoms with Crippen molar-refractivity contribution in [1.82, 2.24) is 27.4 Å². The molecule has 3 aliphatic rings. The molecule has 694 valence electrons. The zero-order valence-corrected chi connectivity index (χ0v) is 82.5. The van der Waals surface area contributed by atoms with Crippen LogP contribution in [-0.4, -0.2) is 27.4 Å². The van der Waals surface area contributed by atoms with Crippen molar-refractivity contribution in [3.05, 3.63) is 531 Å². The number of para-hydroxylation sites is 8. The molecule has 22 aromatic carbocycles. The number of nitrogens with zero attached hydrogens (tertiary/aromatic N) is 6. The van der Waals surface area contributed by atoms with E-state index in [1.165, 1.54) is 276 Å². The van der Waals surface area contributed by atoms with Gasteiger partial charge in [-0.05, 0) is 281 Å². The molecule has 0 unspecified atom stereocenters. The van der Waals surface area contributed by atoms with Crippen molar-refractivity contribution >= 4 is 131 Å². The van der Waals surface area contributed by atoms with Gasteiger partial charge in [-0.2, -0.15) is 0 Å². The van der Waals surface area contributed by atoms with Crippen LogP contribution in [0.4, 0.5) is 0 Å². The summed E-state index contributed by atoms with van der Waals surface area (Å²) in [6.07, 6.45) is 0. The lowest BCUT2D eigenvalue weighted by Gasteiger charge is -2.24. The summed E-state index contributed by atoms with van der Waals surface area (Å²) in [5.41, 5.74) is 47.7. The quantitative estimate of drug-likeness (QED) is 0.131. The normalized spacial score (nSPS) is 13.4. The van der Waals surface area contributed by atoms with E-state index in [4.69, 9.17) is 0 Å². The number of aromatic nitrogens is 6. The fraction of sp³-hybridized carbons (Fsp3) is 0.0638. The molecule has 0 atom stereocenters. The van der Waals surface area contributed by atoms with Gasteiger partial charge in [0.15, 0.2) is 0 Å². The van der Waals surface area contributed by atoms with Gasteiger partial charge in [0.1, 0.15) is 0 Å². The smallest absolute Gasteiger partial charge is 0.0544 e. The van der Waals surface area contributed by atoms with Gasteiger partial charge in [0.05, 0.1) is 66.2 Å². The lowest BCUT2D eigenvalue weighted by atomic mass is 9.79. The molecule has 31 rings (SSSR count). The Labute approximate surface area is 852 Å². The Morgan fingerprint density at radius 3 is 0.565 bits per heavy atom. The molecule has 6 aromatic heterocycles. The first kappa shape index (κ1) is 85.4. The maximum absolute atomic E-state index is 2.48. The summed E-state index contributed by atoms with van der Waals surface area (Å²) in [7, 11) is 0. The maximum Gasteiger partial charge on any atom is 0.0544 e. The van der Waals surface area contributed by atoms with E-state index in [1.807, 2.05) is 0 Å². The van der Waals surface area contributed by atoms with Crippen LogP contribution in [0.2, 0.25) is 0 Å². The van der Waals surface area contributed by atoms with E-state index in [1.54, 1.807) is 0 Å². The van der Waals surface area contributed by atoms with E-state index in [2.05, 4.69) is 566 Å². The van der Waals surface area contributed by atoms with Gasteiger partial charge in [-0.15, -0.1) is 0 Å². The Hall–Kier alpha value is -18.4. The molecule has 6 heteroatoms. The first-order valence-corrected chi connectivity index (χ1v) is 51.4. The minimum absolute atomic E-state index is 0.163. The van der Waals surface area contributed by atoms with Crippen LogP contribution in [-0.2, 0) is 16.2 Å². The standard InChI is InChI=1S/C51H36N2.2C45H32N2/c1-51(2)45-31-49-43(39-17-9-11-19-47(39)52(49)37-25-21-35(22-26-37)33-13-5-3-6-14-33)29-41(45)42-30-44-40-18-10-12-20-48(40)53(50(44)32-46(42)51)38-27-23-36(24-28-38)34-15-7-4-8-16-34;1-45(2)39-27-43-37(33-17-9-11-19-41(33)46(43)31-15-7-4-8-16-31)25-35(39)36-26-38-34-18-10-12-20-42(34)47(44(38)28-40(36)45)32-23-21-30(22-24-32)29-13-5-3-6-14-29;1-45(2)43-33(25-27-39-41(43)35-17-9-11-19-37(35)46(39)31-15-7-4-8-16-31)34-26-28-40-42(44(34)45)36-18-10-12-20-38(36)47(40)32-23-21-30(22-24-32)29-13-5-3-6-14-29/h3-32H,1-2H3;2*3-28H,1-2H3. The lowest BCUT2D eigenvalue weighted by molar-refractivity contribution is 0.661. The molecule has 0 spiro atoms. The van der Waals surface area contributed by atoms with Crippen LogP contribution in [0.3, 0.4) is 0 Å². The van der Waals surface area contributed by atoms with Crippen molar-refractivity contribution in [2.24, 2.45) is 0 Å². The second kappa shape index (κ2) is 32.8. The van der Waals surface area contributed by atoms with Gasteiger partial charge < -0.3 is 27.4 Å². The van der Waals surface area contributed by atoms with Crippen molar-refractivity contribution in [1.29, 1.82) is 0 Å². The molecule has 0 aliphatic heterocycles. The van der Waals surface area contributed by atoms with Crippen LogP contribution in [0, 0.1) is 0 Å². The zero-order valence-electron chi connectivity index (χ0n) is 82.5. The molecule has 0 radical (unpaired) electrons. The molecule has 3 aliphatic carbocycles. The fourth-order valence-corrected chi connectivity index (χ4v) is 25.9. The summed E-state index contributed by atoms with van der Waals surface area (Å²) in [5, 5.41) is 15.6. The summed E-state index contributed by atoms with van der Waals surface area (Å²) >= 11 is 0. The van der Waals surface area contributed by atoms with Gasteiger partial charge in [-0.25, -0.2) is 0 Å². The first-order valence-electron chi connectivity index (χ1n) is 51.4. The van der Waals surface area contributed by atoms with Crippen LogP contribution in [0.15, 0.2) is 497 Å². The molecule has 0 fully saturated rings. The second-order valence-electron chi connectivity index (χ2n) is 41.7. The Morgan fingerprint density at radius 2 is 0.320 bits per heavy atom. The number of hydrogen-bond acceptors (Lipinski definition) is 0. The average molecular weight is 1880 g/mol. The molecular formula is C141H100N6. The summed E-state index contributed by atoms with van der Waals surface area (Å²) in [6.45, 7) is 14.5. The Kier molecular flexibility index (Phi) is 19.1. The third-order valence-corrected chi connectivity index (χ3v) is 32.7. The van der Waals surface area contributed by atoms with Gasteiger partial charge in [0, 0.05) is 115 Å². The highest BCUT2D eigenvalue weighted by molar-refractivity contribution is 6.21. The van der Waals surface area contributed by atoms with Crippen molar-refractivity contribution in [2.75, 3.05) is 0 Å². The Balaban J connectivity index is 0.000000104. The monoisotopic (exact) mass is 1880 g/mol. The van der Waals surface area contributed by atoms with Crippen LogP contribution >= 0.6 is 0 Å². The number of rotatable bonds is 10.